The second-order valence-electron chi connectivity index (χ2n) is 4.54. The fourth-order valence-corrected chi connectivity index (χ4v) is 3.36. The van der Waals surface area contributed by atoms with Crippen LogP contribution in [-0.4, -0.2) is 36.8 Å². The van der Waals surface area contributed by atoms with Gasteiger partial charge in [-0.2, -0.15) is 11.8 Å². The molecule has 1 rings (SSSR count). The van der Waals surface area contributed by atoms with Crippen LogP contribution in [0.1, 0.15) is 46.0 Å². The highest BCUT2D eigenvalue weighted by molar-refractivity contribution is 8.00. The van der Waals surface area contributed by atoms with Crippen LogP contribution >= 0.6 is 11.8 Å². The van der Waals surface area contributed by atoms with Crippen molar-refractivity contribution in [2.75, 3.05) is 25.5 Å². The Labute approximate surface area is 105 Å². The number of rotatable bonds is 8. The number of hydrogen-bond donors (Lipinski definition) is 1. The van der Waals surface area contributed by atoms with Crippen LogP contribution in [0.5, 0.6) is 0 Å². The van der Waals surface area contributed by atoms with Crippen molar-refractivity contribution in [1.82, 2.24) is 5.32 Å². The van der Waals surface area contributed by atoms with Gasteiger partial charge in [-0.15, -0.1) is 0 Å². The molecular formula is C13H27NOS. The molecule has 0 saturated carbocycles. The quantitative estimate of drug-likeness (QED) is 0.664. The zero-order valence-electron chi connectivity index (χ0n) is 10.8. The SMILES string of the molecule is CCCCCSC1COCCC1NCCC. The summed E-state index contributed by atoms with van der Waals surface area (Å²) in [5, 5.41) is 4.34. The Kier molecular flexibility index (Phi) is 8.34. The summed E-state index contributed by atoms with van der Waals surface area (Å²) < 4.78 is 5.59. The molecule has 0 aromatic heterocycles. The van der Waals surface area contributed by atoms with Crippen LogP contribution in [0.2, 0.25) is 0 Å². The monoisotopic (exact) mass is 245 g/mol. The van der Waals surface area contributed by atoms with Crippen LogP contribution in [0.3, 0.4) is 0 Å². The van der Waals surface area contributed by atoms with E-state index in [2.05, 4.69) is 30.9 Å². The normalized spacial score (nSPS) is 25.9. The topological polar surface area (TPSA) is 21.3 Å². The van der Waals surface area contributed by atoms with E-state index < -0.39 is 0 Å². The van der Waals surface area contributed by atoms with Gasteiger partial charge >= 0.3 is 0 Å². The second kappa shape index (κ2) is 9.32. The van der Waals surface area contributed by atoms with Gasteiger partial charge in [-0.3, -0.25) is 0 Å². The molecule has 1 fully saturated rings. The van der Waals surface area contributed by atoms with E-state index in [-0.39, 0.29) is 0 Å². The molecule has 1 heterocycles. The molecule has 0 amide bonds. The summed E-state index contributed by atoms with van der Waals surface area (Å²) in [6.07, 6.45) is 6.46. The summed E-state index contributed by atoms with van der Waals surface area (Å²) in [4.78, 5) is 0. The summed E-state index contributed by atoms with van der Waals surface area (Å²) in [6.45, 7) is 7.53. The van der Waals surface area contributed by atoms with Gasteiger partial charge in [0, 0.05) is 17.9 Å². The van der Waals surface area contributed by atoms with Crippen LogP contribution in [0.25, 0.3) is 0 Å². The van der Waals surface area contributed by atoms with E-state index in [0.29, 0.717) is 11.3 Å². The van der Waals surface area contributed by atoms with Gasteiger partial charge in [-0.25, -0.2) is 0 Å². The van der Waals surface area contributed by atoms with Crippen molar-refractivity contribution in [3.05, 3.63) is 0 Å². The standard InChI is InChI=1S/C13H27NOS/c1-3-5-6-10-16-13-11-15-9-7-12(13)14-8-4-2/h12-14H,3-11H2,1-2H3. The van der Waals surface area contributed by atoms with Gasteiger partial charge in [0.1, 0.15) is 0 Å². The molecule has 0 spiro atoms. The molecule has 0 aromatic rings. The molecule has 0 radical (unpaired) electrons. The van der Waals surface area contributed by atoms with Crippen molar-refractivity contribution in [3.8, 4) is 0 Å². The Bertz CT molecular complexity index is 166. The molecule has 2 atom stereocenters. The van der Waals surface area contributed by atoms with Gasteiger partial charge in [0.05, 0.1) is 6.61 Å². The highest BCUT2D eigenvalue weighted by atomic mass is 32.2. The Balaban J connectivity index is 2.18. The Morgan fingerprint density at radius 3 is 2.88 bits per heavy atom. The number of unbranched alkanes of at least 4 members (excludes halogenated alkanes) is 2. The predicted octanol–water partition coefficient (Wildman–Crippen LogP) is 3.07. The lowest BCUT2D eigenvalue weighted by Crippen LogP contribution is -2.45. The maximum absolute atomic E-state index is 5.59. The number of nitrogens with one attached hydrogen (secondary N) is 1. The second-order valence-corrected chi connectivity index (χ2v) is 5.89. The van der Waals surface area contributed by atoms with Gasteiger partial charge in [0.15, 0.2) is 0 Å². The van der Waals surface area contributed by atoms with Gasteiger partial charge in [0.25, 0.3) is 0 Å². The molecular weight excluding hydrogens is 218 g/mol. The summed E-state index contributed by atoms with van der Waals surface area (Å²) in [5.74, 6) is 1.30. The van der Waals surface area contributed by atoms with Gasteiger partial charge in [0.2, 0.25) is 0 Å². The summed E-state index contributed by atoms with van der Waals surface area (Å²) >= 11 is 2.11. The van der Waals surface area contributed by atoms with Crippen molar-refractivity contribution in [2.24, 2.45) is 0 Å². The van der Waals surface area contributed by atoms with E-state index in [9.17, 15) is 0 Å². The first-order valence-electron chi connectivity index (χ1n) is 6.81. The summed E-state index contributed by atoms with van der Waals surface area (Å²) in [5.41, 5.74) is 0. The smallest absolute Gasteiger partial charge is 0.0600 e. The lowest BCUT2D eigenvalue weighted by molar-refractivity contribution is 0.0833. The van der Waals surface area contributed by atoms with Crippen molar-refractivity contribution < 1.29 is 4.74 Å². The molecule has 2 unspecified atom stereocenters. The first-order valence-corrected chi connectivity index (χ1v) is 7.86. The molecule has 3 heteroatoms. The number of thioether (sulfide) groups is 1. The average molecular weight is 245 g/mol. The number of ether oxygens (including phenoxy) is 1. The summed E-state index contributed by atoms with van der Waals surface area (Å²) in [6, 6.07) is 0.681. The van der Waals surface area contributed by atoms with E-state index in [1.807, 2.05) is 0 Å². The molecule has 0 aliphatic carbocycles. The largest absolute Gasteiger partial charge is 0.380 e. The van der Waals surface area contributed by atoms with E-state index in [1.54, 1.807) is 0 Å². The Morgan fingerprint density at radius 1 is 1.25 bits per heavy atom. The molecule has 2 nitrogen and oxygen atoms in total. The highest BCUT2D eigenvalue weighted by Crippen LogP contribution is 2.22. The van der Waals surface area contributed by atoms with Gasteiger partial charge in [-0.1, -0.05) is 26.7 Å². The third-order valence-electron chi connectivity index (χ3n) is 3.04. The van der Waals surface area contributed by atoms with Crippen LogP contribution in [0.15, 0.2) is 0 Å². The van der Waals surface area contributed by atoms with Crippen molar-refractivity contribution in [2.45, 2.75) is 57.2 Å². The lowest BCUT2D eigenvalue weighted by Gasteiger charge is -2.32. The molecule has 1 N–H and O–H groups in total. The van der Waals surface area contributed by atoms with Gasteiger partial charge < -0.3 is 10.1 Å². The van der Waals surface area contributed by atoms with E-state index in [1.165, 1.54) is 37.9 Å². The third kappa shape index (κ3) is 5.55. The molecule has 1 aliphatic heterocycles. The molecule has 0 aromatic carbocycles. The first-order chi connectivity index (χ1) is 7.88. The maximum atomic E-state index is 5.59. The molecule has 1 aliphatic rings. The molecule has 96 valence electrons. The van der Waals surface area contributed by atoms with Crippen LogP contribution < -0.4 is 5.32 Å². The minimum atomic E-state index is 0.678. The average Bonchev–Trinajstić information content (AvgIpc) is 2.33. The Morgan fingerprint density at radius 2 is 2.12 bits per heavy atom. The van der Waals surface area contributed by atoms with Crippen molar-refractivity contribution in [1.29, 1.82) is 0 Å². The van der Waals surface area contributed by atoms with E-state index >= 15 is 0 Å². The van der Waals surface area contributed by atoms with Gasteiger partial charge in [-0.05, 0) is 31.6 Å². The zero-order chi connectivity index (χ0) is 11.6. The minimum Gasteiger partial charge on any atom is -0.380 e. The van der Waals surface area contributed by atoms with E-state index in [4.69, 9.17) is 4.74 Å². The molecule has 1 saturated heterocycles. The van der Waals surface area contributed by atoms with Crippen LogP contribution in [0.4, 0.5) is 0 Å². The van der Waals surface area contributed by atoms with E-state index in [0.717, 1.165) is 19.8 Å². The third-order valence-corrected chi connectivity index (χ3v) is 4.46. The summed E-state index contributed by atoms with van der Waals surface area (Å²) in [7, 11) is 0. The van der Waals surface area contributed by atoms with Crippen molar-refractivity contribution >= 4 is 11.8 Å². The minimum absolute atomic E-state index is 0.678. The molecule has 16 heavy (non-hydrogen) atoms. The van der Waals surface area contributed by atoms with Crippen LogP contribution in [-0.2, 0) is 4.74 Å². The van der Waals surface area contributed by atoms with Crippen molar-refractivity contribution in [3.63, 3.8) is 0 Å². The lowest BCUT2D eigenvalue weighted by atomic mass is 10.1. The highest BCUT2D eigenvalue weighted by Gasteiger charge is 2.24. The van der Waals surface area contributed by atoms with Crippen LogP contribution in [0, 0.1) is 0 Å². The first kappa shape index (κ1) is 14.3. The number of hydrogen-bond acceptors (Lipinski definition) is 3. The zero-order valence-corrected chi connectivity index (χ0v) is 11.7. The Hall–Kier alpha value is 0.270. The fraction of sp³-hybridized carbons (Fsp3) is 1.00. The fourth-order valence-electron chi connectivity index (χ4n) is 2.03. The maximum Gasteiger partial charge on any atom is 0.0600 e. The predicted molar refractivity (Wildman–Crippen MR) is 73.3 cm³/mol. The molecule has 0 bridgehead atoms.